The Balaban J connectivity index is 1.66. The molecule has 0 unspecified atom stereocenters. The lowest BCUT2D eigenvalue weighted by Gasteiger charge is -2.07. The summed E-state index contributed by atoms with van der Waals surface area (Å²) in [6.07, 6.45) is 3.12. The van der Waals surface area contributed by atoms with Gasteiger partial charge in [0.1, 0.15) is 5.01 Å². The van der Waals surface area contributed by atoms with Crippen LogP contribution in [0.1, 0.15) is 5.56 Å². The fraction of sp³-hybridized carbons (Fsp3) is 0.105. The van der Waals surface area contributed by atoms with E-state index in [-0.39, 0.29) is 5.91 Å². The molecule has 0 fully saturated rings. The molecule has 0 bridgehead atoms. The van der Waals surface area contributed by atoms with Gasteiger partial charge in [-0.05, 0) is 35.9 Å². The second kappa shape index (κ2) is 8.79. The maximum atomic E-state index is 12.1. The van der Waals surface area contributed by atoms with Gasteiger partial charge in [0.15, 0.2) is 11.5 Å². The Kier molecular flexibility index (Phi) is 6.20. The van der Waals surface area contributed by atoms with Crippen LogP contribution in [0.3, 0.4) is 0 Å². The summed E-state index contributed by atoms with van der Waals surface area (Å²) < 4.78 is 11.4. The largest absolute Gasteiger partial charge is 0.493 e. The molecule has 1 amide bonds. The molecule has 0 saturated carbocycles. The SMILES string of the molecule is COc1ccc(/C=C/C(=O)Nc2nnc(-c3ccc(Br)cc3)s2)cc1OC. The predicted molar refractivity (Wildman–Crippen MR) is 110 cm³/mol. The third-order valence-electron chi connectivity index (χ3n) is 3.58. The van der Waals surface area contributed by atoms with Gasteiger partial charge in [0, 0.05) is 16.1 Å². The molecule has 0 radical (unpaired) electrons. The quantitative estimate of drug-likeness (QED) is 0.559. The molecular formula is C19H16BrN3O3S. The lowest BCUT2D eigenvalue weighted by atomic mass is 10.2. The van der Waals surface area contributed by atoms with Crippen LogP contribution >= 0.6 is 27.3 Å². The minimum atomic E-state index is -0.289. The standard InChI is InChI=1S/C19H16BrN3O3S/c1-25-15-9-3-12(11-16(15)26-2)4-10-17(24)21-19-23-22-18(27-19)13-5-7-14(20)8-6-13/h3-11H,1-2H3,(H,21,23,24)/b10-4+. The van der Waals surface area contributed by atoms with E-state index in [2.05, 4.69) is 31.4 Å². The minimum Gasteiger partial charge on any atom is -0.493 e. The van der Waals surface area contributed by atoms with Crippen molar-refractivity contribution in [3.05, 3.63) is 58.6 Å². The van der Waals surface area contributed by atoms with E-state index in [9.17, 15) is 4.79 Å². The molecule has 1 N–H and O–H groups in total. The monoisotopic (exact) mass is 445 g/mol. The minimum absolute atomic E-state index is 0.289. The van der Waals surface area contributed by atoms with Gasteiger partial charge in [-0.2, -0.15) is 0 Å². The summed E-state index contributed by atoms with van der Waals surface area (Å²) in [5, 5.41) is 12.0. The van der Waals surface area contributed by atoms with Crippen LogP contribution in [0.25, 0.3) is 16.6 Å². The number of nitrogens with one attached hydrogen (secondary N) is 1. The van der Waals surface area contributed by atoms with Crippen molar-refractivity contribution in [2.75, 3.05) is 19.5 Å². The Bertz CT molecular complexity index is 971. The number of methoxy groups -OCH3 is 2. The molecule has 8 heteroatoms. The number of carbonyl (C=O) groups excluding carboxylic acids is 1. The number of amides is 1. The highest BCUT2D eigenvalue weighted by molar-refractivity contribution is 9.10. The molecular weight excluding hydrogens is 430 g/mol. The molecule has 27 heavy (non-hydrogen) atoms. The fourth-order valence-electron chi connectivity index (χ4n) is 2.26. The first-order valence-corrected chi connectivity index (χ1v) is 9.50. The van der Waals surface area contributed by atoms with Crippen molar-refractivity contribution in [1.82, 2.24) is 10.2 Å². The highest BCUT2D eigenvalue weighted by Crippen LogP contribution is 2.29. The first kappa shape index (κ1) is 19.1. The van der Waals surface area contributed by atoms with Gasteiger partial charge in [0.25, 0.3) is 0 Å². The Labute approximate surface area is 169 Å². The number of hydrogen-bond donors (Lipinski definition) is 1. The molecule has 6 nitrogen and oxygen atoms in total. The van der Waals surface area contributed by atoms with Gasteiger partial charge in [-0.1, -0.05) is 45.5 Å². The number of anilines is 1. The molecule has 0 aliphatic heterocycles. The number of aromatic nitrogens is 2. The van der Waals surface area contributed by atoms with Gasteiger partial charge in [-0.15, -0.1) is 10.2 Å². The Hall–Kier alpha value is -2.71. The van der Waals surface area contributed by atoms with Gasteiger partial charge in [-0.3, -0.25) is 10.1 Å². The summed E-state index contributed by atoms with van der Waals surface area (Å²) >= 11 is 4.71. The van der Waals surface area contributed by atoms with Crippen molar-refractivity contribution in [3.63, 3.8) is 0 Å². The van der Waals surface area contributed by atoms with Crippen molar-refractivity contribution in [1.29, 1.82) is 0 Å². The zero-order valence-electron chi connectivity index (χ0n) is 14.6. The second-order valence-corrected chi connectivity index (χ2v) is 7.25. The predicted octanol–water partition coefficient (Wildman–Crippen LogP) is 4.64. The van der Waals surface area contributed by atoms with E-state index in [0.29, 0.717) is 16.6 Å². The smallest absolute Gasteiger partial charge is 0.250 e. The summed E-state index contributed by atoms with van der Waals surface area (Å²) in [5.74, 6) is 0.944. The molecule has 1 heterocycles. The van der Waals surface area contributed by atoms with Crippen molar-refractivity contribution < 1.29 is 14.3 Å². The molecule has 3 aromatic rings. The topological polar surface area (TPSA) is 73.3 Å². The maximum absolute atomic E-state index is 12.1. The third-order valence-corrected chi connectivity index (χ3v) is 5.00. The molecule has 1 aromatic heterocycles. The number of hydrogen-bond acceptors (Lipinski definition) is 6. The van der Waals surface area contributed by atoms with Crippen LogP contribution in [0.2, 0.25) is 0 Å². The van der Waals surface area contributed by atoms with Crippen LogP contribution in [-0.2, 0) is 4.79 Å². The van der Waals surface area contributed by atoms with Crippen molar-refractivity contribution in [2.24, 2.45) is 0 Å². The van der Waals surface area contributed by atoms with E-state index < -0.39 is 0 Å². The van der Waals surface area contributed by atoms with Crippen molar-refractivity contribution in [2.45, 2.75) is 0 Å². The number of halogens is 1. The van der Waals surface area contributed by atoms with Crippen LogP contribution in [0.15, 0.2) is 53.0 Å². The number of carbonyl (C=O) groups is 1. The molecule has 2 aromatic carbocycles. The molecule has 0 atom stereocenters. The van der Waals surface area contributed by atoms with E-state index in [4.69, 9.17) is 9.47 Å². The normalized spacial score (nSPS) is 10.8. The summed E-state index contributed by atoms with van der Waals surface area (Å²) in [6, 6.07) is 13.1. The molecule has 138 valence electrons. The van der Waals surface area contributed by atoms with Crippen LogP contribution < -0.4 is 14.8 Å². The van der Waals surface area contributed by atoms with E-state index in [1.165, 1.54) is 17.4 Å². The first-order chi connectivity index (χ1) is 13.1. The molecule has 0 spiro atoms. The summed E-state index contributed by atoms with van der Waals surface area (Å²) in [7, 11) is 3.14. The number of rotatable bonds is 6. The average molecular weight is 446 g/mol. The number of ether oxygens (including phenoxy) is 2. The number of nitrogens with zero attached hydrogens (tertiary/aromatic N) is 2. The van der Waals surface area contributed by atoms with E-state index >= 15 is 0 Å². The Morgan fingerprint density at radius 3 is 2.52 bits per heavy atom. The zero-order valence-corrected chi connectivity index (χ0v) is 17.0. The van der Waals surface area contributed by atoms with Crippen molar-refractivity contribution >= 4 is 44.4 Å². The van der Waals surface area contributed by atoms with Gasteiger partial charge in [0.05, 0.1) is 14.2 Å². The lowest BCUT2D eigenvalue weighted by molar-refractivity contribution is -0.111. The second-order valence-electron chi connectivity index (χ2n) is 5.36. The van der Waals surface area contributed by atoms with E-state index in [0.717, 1.165) is 20.6 Å². The highest BCUT2D eigenvalue weighted by Gasteiger charge is 2.08. The van der Waals surface area contributed by atoms with Crippen LogP contribution in [0, 0.1) is 0 Å². The van der Waals surface area contributed by atoms with Gasteiger partial charge < -0.3 is 9.47 Å². The molecule has 0 aliphatic carbocycles. The number of benzene rings is 2. The maximum Gasteiger partial charge on any atom is 0.250 e. The third kappa shape index (κ3) is 4.93. The van der Waals surface area contributed by atoms with E-state index in [1.54, 1.807) is 32.4 Å². The first-order valence-electron chi connectivity index (χ1n) is 7.89. The average Bonchev–Trinajstić information content (AvgIpc) is 3.15. The molecule has 0 saturated heterocycles. The van der Waals surface area contributed by atoms with E-state index in [1.807, 2.05) is 30.3 Å². The molecule has 3 rings (SSSR count). The summed E-state index contributed by atoms with van der Waals surface area (Å²) in [6.45, 7) is 0. The summed E-state index contributed by atoms with van der Waals surface area (Å²) in [5.41, 5.74) is 1.76. The highest BCUT2D eigenvalue weighted by atomic mass is 79.9. The van der Waals surface area contributed by atoms with Crippen LogP contribution in [0.5, 0.6) is 11.5 Å². The van der Waals surface area contributed by atoms with Crippen LogP contribution in [-0.4, -0.2) is 30.3 Å². The Morgan fingerprint density at radius 2 is 1.81 bits per heavy atom. The fourth-order valence-corrected chi connectivity index (χ4v) is 3.27. The summed E-state index contributed by atoms with van der Waals surface area (Å²) in [4.78, 5) is 12.1. The zero-order chi connectivity index (χ0) is 19.2. The van der Waals surface area contributed by atoms with Gasteiger partial charge in [-0.25, -0.2) is 0 Å². The molecule has 0 aliphatic rings. The van der Waals surface area contributed by atoms with Gasteiger partial charge >= 0.3 is 0 Å². The Morgan fingerprint density at radius 1 is 1.07 bits per heavy atom. The van der Waals surface area contributed by atoms with Crippen LogP contribution in [0.4, 0.5) is 5.13 Å². The van der Waals surface area contributed by atoms with Crippen molar-refractivity contribution in [3.8, 4) is 22.1 Å². The van der Waals surface area contributed by atoms with Gasteiger partial charge in [0.2, 0.25) is 11.0 Å². The lowest BCUT2D eigenvalue weighted by Crippen LogP contribution is -2.07.